The molecule has 0 fully saturated rings. The minimum atomic E-state index is -0.560. The zero-order valence-corrected chi connectivity index (χ0v) is 13.6. The van der Waals surface area contributed by atoms with Gasteiger partial charge in [-0.05, 0) is 45.9 Å². The summed E-state index contributed by atoms with van der Waals surface area (Å²) in [4.78, 5) is 25.3. The molecule has 0 saturated heterocycles. The van der Waals surface area contributed by atoms with E-state index < -0.39 is 11.7 Å². The molecule has 0 bridgehead atoms. The van der Waals surface area contributed by atoms with Crippen molar-refractivity contribution < 1.29 is 9.53 Å². The van der Waals surface area contributed by atoms with E-state index in [0.717, 1.165) is 17.0 Å². The molecule has 0 unspecified atom stereocenters. The average molecular weight is 310 g/mol. The van der Waals surface area contributed by atoms with E-state index in [1.54, 1.807) is 24.7 Å². The van der Waals surface area contributed by atoms with E-state index in [1.165, 1.54) is 4.57 Å². The highest BCUT2D eigenvalue weighted by atomic mass is 16.6. The molecule has 0 aromatic carbocycles. The highest BCUT2D eigenvalue weighted by Crippen LogP contribution is 2.20. The van der Waals surface area contributed by atoms with Crippen molar-refractivity contribution >= 4 is 17.3 Å². The van der Waals surface area contributed by atoms with E-state index >= 15 is 0 Å². The lowest BCUT2D eigenvalue weighted by Gasteiger charge is -2.19. The fourth-order valence-electron chi connectivity index (χ4n) is 2.21. The molecule has 3 rings (SSSR count). The zero-order chi connectivity index (χ0) is 16.6. The van der Waals surface area contributed by atoms with Gasteiger partial charge < -0.3 is 4.74 Å². The molecule has 0 amide bonds. The van der Waals surface area contributed by atoms with Gasteiger partial charge in [0.2, 0.25) is 0 Å². The van der Waals surface area contributed by atoms with Crippen molar-refractivity contribution in [2.45, 2.75) is 33.3 Å². The van der Waals surface area contributed by atoms with Crippen LogP contribution < -0.4 is 0 Å². The molecular weight excluding hydrogens is 292 g/mol. The van der Waals surface area contributed by atoms with E-state index in [-0.39, 0.29) is 0 Å². The zero-order valence-electron chi connectivity index (χ0n) is 13.6. The number of nitrogens with zero attached hydrogens (tertiary/aromatic N) is 4. The molecule has 3 heterocycles. The predicted octanol–water partition coefficient (Wildman–Crippen LogP) is 3.58. The number of fused-ring (bicyclic) bond motifs is 1. The quantitative estimate of drug-likeness (QED) is 0.687. The number of aryl methyl sites for hydroxylation is 1. The van der Waals surface area contributed by atoms with Gasteiger partial charge in [-0.1, -0.05) is 0 Å². The third kappa shape index (κ3) is 3.21. The largest absolute Gasteiger partial charge is 0.443 e. The summed E-state index contributed by atoms with van der Waals surface area (Å²) in [6.07, 6.45) is 4.55. The highest BCUT2D eigenvalue weighted by Gasteiger charge is 2.20. The van der Waals surface area contributed by atoms with Gasteiger partial charge in [-0.25, -0.2) is 19.3 Å². The van der Waals surface area contributed by atoms with Crippen molar-refractivity contribution in [3.05, 3.63) is 42.5 Å². The molecule has 0 radical (unpaired) electrons. The Morgan fingerprint density at radius 3 is 2.70 bits per heavy atom. The standard InChI is InChI=1S/C17H18N4O2/c1-11-9-12(5-7-18-11)14-10-19-15-13(20-14)6-8-21(15)16(22)23-17(2,3)4/h5-10H,1-4H3. The summed E-state index contributed by atoms with van der Waals surface area (Å²) in [5.74, 6) is 0. The number of rotatable bonds is 1. The second kappa shape index (κ2) is 5.46. The third-order valence-electron chi connectivity index (χ3n) is 3.17. The Balaban J connectivity index is 1.99. The summed E-state index contributed by atoms with van der Waals surface area (Å²) in [5, 5.41) is 0. The molecule has 3 aromatic heterocycles. The van der Waals surface area contributed by atoms with E-state index in [1.807, 2.05) is 39.8 Å². The van der Waals surface area contributed by atoms with Crippen LogP contribution in [0.2, 0.25) is 0 Å². The van der Waals surface area contributed by atoms with E-state index in [9.17, 15) is 4.79 Å². The van der Waals surface area contributed by atoms with E-state index in [2.05, 4.69) is 15.0 Å². The van der Waals surface area contributed by atoms with Crippen LogP contribution in [0.1, 0.15) is 26.5 Å². The molecular formula is C17H18N4O2. The first kappa shape index (κ1) is 15.1. The summed E-state index contributed by atoms with van der Waals surface area (Å²) in [7, 11) is 0. The average Bonchev–Trinajstić information content (AvgIpc) is 2.88. The third-order valence-corrected chi connectivity index (χ3v) is 3.17. The first-order valence-electron chi connectivity index (χ1n) is 7.34. The fourth-order valence-corrected chi connectivity index (χ4v) is 2.21. The topological polar surface area (TPSA) is 69.9 Å². The lowest BCUT2D eigenvalue weighted by molar-refractivity contribution is 0.0543. The highest BCUT2D eigenvalue weighted by molar-refractivity contribution is 5.85. The summed E-state index contributed by atoms with van der Waals surface area (Å²) >= 11 is 0. The fraction of sp³-hybridized carbons (Fsp3) is 0.294. The van der Waals surface area contributed by atoms with Gasteiger partial charge in [0.25, 0.3) is 0 Å². The molecule has 6 nitrogen and oxygen atoms in total. The molecule has 0 atom stereocenters. The van der Waals surface area contributed by atoms with Crippen molar-refractivity contribution in [1.82, 2.24) is 19.5 Å². The molecule has 0 aliphatic heterocycles. The predicted molar refractivity (Wildman–Crippen MR) is 87.1 cm³/mol. The van der Waals surface area contributed by atoms with Crippen LogP contribution in [0.15, 0.2) is 36.8 Å². The maximum Gasteiger partial charge on any atom is 0.420 e. The SMILES string of the molecule is Cc1cc(-c2cnc3c(ccn3C(=O)OC(C)(C)C)n2)ccn1. The van der Waals surface area contributed by atoms with E-state index in [4.69, 9.17) is 4.74 Å². The Morgan fingerprint density at radius 2 is 2.00 bits per heavy atom. The van der Waals surface area contributed by atoms with Crippen molar-refractivity contribution in [2.75, 3.05) is 0 Å². The van der Waals surface area contributed by atoms with Gasteiger partial charge >= 0.3 is 6.09 Å². The van der Waals surface area contributed by atoms with Gasteiger partial charge in [0, 0.05) is 23.7 Å². The maximum absolute atomic E-state index is 12.2. The van der Waals surface area contributed by atoms with Gasteiger partial charge in [0.05, 0.1) is 11.9 Å². The summed E-state index contributed by atoms with van der Waals surface area (Å²) < 4.78 is 6.74. The lowest BCUT2D eigenvalue weighted by atomic mass is 10.2. The number of carbonyl (C=O) groups is 1. The van der Waals surface area contributed by atoms with Crippen LogP contribution in [0.4, 0.5) is 4.79 Å². The number of aromatic nitrogens is 4. The Kier molecular flexibility index (Phi) is 3.60. The number of hydrogen-bond acceptors (Lipinski definition) is 5. The molecule has 118 valence electrons. The molecule has 0 aliphatic carbocycles. The molecule has 23 heavy (non-hydrogen) atoms. The van der Waals surface area contributed by atoms with Crippen LogP contribution in [0.5, 0.6) is 0 Å². The molecule has 0 aliphatic rings. The smallest absolute Gasteiger partial charge is 0.420 e. The Morgan fingerprint density at radius 1 is 1.22 bits per heavy atom. The Hall–Kier alpha value is -2.76. The van der Waals surface area contributed by atoms with Crippen molar-refractivity contribution in [1.29, 1.82) is 0 Å². The van der Waals surface area contributed by atoms with Crippen molar-refractivity contribution in [3.63, 3.8) is 0 Å². The van der Waals surface area contributed by atoms with Gasteiger partial charge in [0.15, 0.2) is 5.65 Å². The van der Waals surface area contributed by atoms with E-state index in [0.29, 0.717) is 11.2 Å². The second-order valence-electron chi connectivity index (χ2n) is 6.32. The Labute approximate surface area is 134 Å². The second-order valence-corrected chi connectivity index (χ2v) is 6.32. The van der Waals surface area contributed by atoms with Crippen LogP contribution in [0.3, 0.4) is 0 Å². The first-order chi connectivity index (χ1) is 10.8. The van der Waals surface area contributed by atoms with Crippen LogP contribution in [0, 0.1) is 6.92 Å². The van der Waals surface area contributed by atoms with Gasteiger partial charge in [0.1, 0.15) is 11.1 Å². The minimum absolute atomic E-state index is 0.464. The normalized spacial score (nSPS) is 11.7. The van der Waals surface area contributed by atoms with Crippen LogP contribution >= 0.6 is 0 Å². The van der Waals surface area contributed by atoms with Crippen molar-refractivity contribution in [3.8, 4) is 11.3 Å². The number of ether oxygens (including phenoxy) is 1. The van der Waals surface area contributed by atoms with Crippen molar-refractivity contribution in [2.24, 2.45) is 0 Å². The molecule has 0 saturated carbocycles. The summed E-state index contributed by atoms with van der Waals surface area (Å²) in [6.45, 7) is 7.40. The van der Waals surface area contributed by atoms with Gasteiger partial charge in [-0.2, -0.15) is 0 Å². The first-order valence-corrected chi connectivity index (χ1v) is 7.34. The van der Waals surface area contributed by atoms with Gasteiger partial charge in [-0.3, -0.25) is 4.98 Å². The minimum Gasteiger partial charge on any atom is -0.443 e. The van der Waals surface area contributed by atoms with Crippen LogP contribution in [-0.4, -0.2) is 31.2 Å². The molecule has 6 heteroatoms. The molecule has 3 aromatic rings. The number of pyridine rings is 1. The summed E-state index contributed by atoms with van der Waals surface area (Å²) in [6, 6.07) is 5.58. The van der Waals surface area contributed by atoms with Crippen LogP contribution in [0.25, 0.3) is 22.4 Å². The Bertz CT molecular complexity index is 878. The molecule has 0 N–H and O–H groups in total. The lowest BCUT2D eigenvalue weighted by Crippen LogP contribution is -2.26. The van der Waals surface area contributed by atoms with Crippen LogP contribution in [-0.2, 0) is 4.74 Å². The monoisotopic (exact) mass is 310 g/mol. The maximum atomic E-state index is 12.2. The summed E-state index contributed by atoms with van der Waals surface area (Å²) in [5.41, 5.74) is 3.16. The molecule has 0 spiro atoms. The number of hydrogen-bond donors (Lipinski definition) is 0. The number of carbonyl (C=O) groups excluding carboxylic acids is 1. The van der Waals surface area contributed by atoms with Gasteiger partial charge in [-0.15, -0.1) is 0 Å².